The normalized spacial score (nSPS) is 23.5. The number of halogens is 1. The maximum atomic E-state index is 13.2. The third-order valence-electron chi connectivity index (χ3n) is 3.82. The maximum absolute atomic E-state index is 13.2. The van der Waals surface area contributed by atoms with E-state index >= 15 is 0 Å². The lowest BCUT2D eigenvalue weighted by Crippen LogP contribution is -2.17. The smallest absolute Gasteiger partial charge is 0.232 e. The van der Waals surface area contributed by atoms with Gasteiger partial charge in [0, 0.05) is 5.56 Å². The summed E-state index contributed by atoms with van der Waals surface area (Å²) in [6.45, 7) is 0. The molecule has 1 aromatic carbocycles. The molecule has 106 valence electrons. The molecule has 0 aliphatic heterocycles. The average molecular weight is 276 g/mol. The number of hydrogen-bond acceptors (Lipinski definition) is 4. The van der Waals surface area contributed by atoms with E-state index in [1.807, 2.05) is 0 Å². The lowest BCUT2D eigenvalue weighted by molar-refractivity contribution is 0.119. The Labute approximate surface area is 116 Å². The first-order valence-corrected chi connectivity index (χ1v) is 7.01. The van der Waals surface area contributed by atoms with Crippen molar-refractivity contribution < 1.29 is 14.0 Å². The van der Waals surface area contributed by atoms with Crippen LogP contribution >= 0.6 is 0 Å². The summed E-state index contributed by atoms with van der Waals surface area (Å²) in [6.07, 6.45) is 4.40. The van der Waals surface area contributed by atoms with Gasteiger partial charge in [0.1, 0.15) is 5.82 Å². The molecule has 0 saturated heterocycles. The molecule has 20 heavy (non-hydrogen) atoms. The van der Waals surface area contributed by atoms with E-state index < -0.39 is 6.10 Å². The van der Waals surface area contributed by atoms with Crippen molar-refractivity contribution in [3.8, 4) is 11.4 Å². The number of aliphatic hydroxyl groups excluding tert-OH is 1. The molecule has 4 nitrogen and oxygen atoms in total. The molecule has 3 rings (SSSR count). The van der Waals surface area contributed by atoms with Gasteiger partial charge in [-0.1, -0.05) is 36.6 Å². The number of nitrogens with zero attached hydrogens (tertiary/aromatic N) is 2. The van der Waals surface area contributed by atoms with Gasteiger partial charge in [0.2, 0.25) is 11.7 Å². The van der Waals surface area contributed by atoms with Crippen molar-refractivity contribution in [1.29, 1.82) is 0 Å². The van der Waals surface area contributed by atoms with Crippen LogP contribution in [0, 0.1) is 5.82 Å². The molecular formula is C15H17FN2O2. The van der Waals surface area contributed by atoms with Gasteiger partial charge >= 0.3 is 0 Å². The van der Waals surface area contributed by atoms with Crippen LogP contribution in [0.25, 0.3) is 11.4 Å². The molecule has 1 fully saturated rings. The highest BCUT2D eigenvalue weighted by Gasteiger charge is 2.28. The summed E-state index contributed by atoms with van der Waals surface area (Å²) in [7, 11) is 0. The molecular weight excluding hydrogens is 259 g/mol. The minimum Gasteiger partial charge on any atom is -0.392 e. The van der Waals surface area contributed by atoms with Crippen molar-refractivity contribution in [2.45, 2.75) is 44.1 Å². The molecule has 5 heteroatoms. The van der Waals surface area contributed by atoms with Gasteiger partial charge in [0.05, 0.1) is 12.0 Å². The number of hydrogen-bond donors (Lipinski definition) is 1. The fourth-order valence-corrected chi connectivity index (χ4v) is 2.71. The van der Waals surface area contributed by atoms with Gasteiger partial charge in [-0.05, 0) is 25.0 Å². The molecule has 0 amide bonds. The SMILES string of the molecule is OC1CCCCCC1c1nc(-c2cccc(F)c2)no1. The predicted molar refractivity (Wildman–Crippen MR) is 71.5 cm³/mol. The van der Waals surface area contributed by atoms with E-state index in [0.717, 1.165) is 32.1 Å². The zero-order valence-corrected chi connectivity index (χ0v) is 11.1. The third-order valence-corrected chi connectivity index (χ3v) is 3.82. The van der Waals surface area contributed by atoms with Crippen molar-refractivity contribution in [2.75, 3.05) is 0 Å². The van der Waals surface area contributed by atoms with Crippen LogP contribution in [0.4, 0.5) is 4.39 Å². The minimum atomic E-state index is -0.432. The number of aliphatic hydroxyl groups is 1. The van der Waals surface area contributed by atoms with Gasteiger partial charge in [0.15, 0.2) is 0 Å². The van der Waals surface area contributed by atoms with Crippen LogP contribution in [0.1, 0.15) is 43.9 Å². The van der Waals surface area contributed by atoms with Crippen LogP contribution < -0.4 is 0 Å². The Hall–Kier alpha value is -1.75. The third kappa shape index (κ3) is 2.72. The van der Waals surface area contributed by atoms with E-state index in [0.29, 0.717) is 17.3 Å². The van der Waals surface area contributed by atoms with Crippen molar-refractivity contribution in [3.63, 3.8) is 0 Å². The highest BCUT2D eigenvalue weighted by molar-refractivity contribution is 5.53. The molecule has 2 aromatic rings. The zero-order chi connectivity index (χ0) is 13.9. The number of aromatic nitrogens is 2. The quantitative estimate of drug-likeness (QED) is 0.855. The van der Waals surface area contributed by atoms with E-state index in [1.165, 1.54) is 12.1 Å². The molecule has 1 heterocycles. The predicted octanol–water partition coefficient (Wildman–Crippen LogP) is 3.28. The molecule has 1 saturated carbocycles. The summed E-state index contributed by atoms with van der Waals surface area (Å²) in [4.78, 5) is 4.33. The van der Waals surface area contributed by atoms with Crippen LogP contribution in [0.3, 0.4) is 0 Å². The molecule has 0 spiro atoms. The average Bonchev–Trinajstić information content (AvgIpc) is 2.82. The molecule has 2 atom stereocenters. The van der Waals surface area contributed by atoms with Crippen LogP contribution in [0.2, 0.25) is 0 Å². The van der Waals surface area contributed by atoms with E-state index in [1.54, 1.807) is 12.1 Å². The molecule has 0 radical (unpaired) electrons. The van der Waals surface area contributed by atoms with E-state index in [4.69, 9.17) is 4.52 Å². The first-order valence-electron chi connectivity index (χ1n) is 7.01. The summed E-state index contributed by atoms with van der Waals surface area (Å²) < 4.78 is 18.5. The second kappa shape index (κ2) is 5.71. The Morgan fingerprint density at radius 1 is 1.20 bits per heavy atom. The summed E-state index contributed by atoms with van der Waals surface area (Å²) in [5.41, 5.74) is 0.586. The van der Waals surface area contributed by atoms with Crippen LogP contribution in [0.15, 0.2) is 28.8 Å². The first kappa shape index (κ1) is 13.2. The molecule has 1 aliphatic rings. The van der Waals surface area contributed by atoms with E-state index in [-0.39, 0.29) is 11.7 Å². The summed E-state index contributed by atoms with van der Waals surface area (Å²) >= 11 is 0. The van der Waals surface area contributed by atoms with Gasteiger partial charge in [-0.2, -0.15) is 4.98 Å². The van der Waals surface area contributed by atoms with Gasteiger partial charge in [0.25, 0.3) is 0 Å². The lowest BCUT2D eigenvalue weighted by atomic mass is 9.97. The number of benzene rings is 1. The monoisotopic (exact) mass is 276 g/mol. The van der Waals surface area contributed by atoms with Crippen molar-refractivity contribution in [2.24, 2.45) is 0 Å². The summed E-state index contributed by atoms with van der Waals surface area (Å²) in [5, 5.41) is 14.0. The Morgan fingerprint density at radius 2 is 2.05 bits per heavy atom. The topological polar surface area (TPSA) is 59.2 Å². The molecule has 2 unspecified atom stereocenters. The van der Waals surface area contributed by atoms with Crippen molar-refractivity contribution >= 4 is 0 Å². The second-order valence-corrected chi connectivity index (χ2v) is 5.28. The van der Waals surface area contributed by atoms with E-state index in [9.17, 15) is 9.50 Å². The van der Waals surface area contributed by atoms with Crippen molar-refractivity contribution in [3.05, 3.63) is 36.0 Å². The molecule has 1 aromatic heterocycles. The minimum absolute atomic E-state index is 0.104. The first-order chi connectivity index (χ1) is 9.74. The highest BCUT2D eigenvalue weighted by atomic mass is 19.1. The van der Waals surface area contributed by atoms with Gasteiger partial charge < -0.3 is 9.63 Å². The Balaban J connectivity index is 1.86. The van der Waals surface area contributed by atoms with Crippen LogP contribution in [-0.2, 0) is 0 Å². The second-order valence-electron chi connectivity index (χ2n) is 5.28. The largest absolute Gasteiger partial charge is 0.392 e. The zero-order valence-electron chi connectivity index (χ0n) is 11.1. The number of rotatable bonds is 2. The van der Waals surface area contributed by atoms with Crippen molar-refractivity contribution in [1.82, 2.24) is 10.1 Å². The Bertz CT molecular complexity index is 585. The summed E-state index contributed by atoms with van der Waals surface area (Å²) in [5.74, 6) is 0.394. The Kier molecular flexibility index (Phi) is 3.78. The molecule has 1 N–H and O–H groups in total. The van der Waals surface area contributed by atoms with Gasteiger partial charge in [-0.25, -0.2) is 4.39 Å². The van der Waals surface area contributed by atoms with Crippen LogP contribution in [-0.4, -0.2) is 21.4 Å². The fourth-order valence-electron chi connectivity index (χ4n) is 2.71. The Morgan fingerprint density at radius 3 is 2.90 bits per heavy atom. The van der Waals surface area contributed by atoms with Crippen LogP contribution in [0.5, 0.6) is 0 Å². The maximum Gasteiger partial charge on any atom is 0.232 e. The molecule has 1 aliphatic carbocycles. The lowest BCUT2D eigenvalue weighted by Gasteiger charge is -2.15. The standard InChI is InChI=1S/C15H17FN2O2/c16-11-6-4-5-10(9-11)14-17-15(20-18-14)12-7-2-1-3-8-13(12)19/h4-6,9,12-13,19H,1-3,7-8H2. The molecule has 0 bridgehead atoms. The van der Waals surface area contributed by atoms with Gasteiger partial charge in [-0.15, -0.1) is 0 Å². The van der Waals surface area contributed by atoms with E-state index in [2.05, 4.69) is 10.1 Å². The fraction of sp³-hybridized carbons (Fsp3) is 0.467. The summed E-state index contributed by atoms with van der Waals surface area (Å²) in [6, 6.07) is 6.10. The van der Waals surface area contributed by atoms with Gasteiger partial charge in [-0.3, -0.25) is 0 Å². The highest BCUT2D eigenvalue weighted by Crippen LogP contribution is 2.32.